The molecule has 28 heavy (non-hydrogen) atoms. The molecule has 152 valence electrons. The zero-order valence-corrected chi connectivity index (χ0v) is 16.3. The maximum absolute atomic E-state index is 13.1. The highest BCUT2D eigenvalue weighted by atomic mass is 16.5. The standard InChI is InChI=1S/C20H27N3O5/c1-20-10-9-18(26)23(20)16-7-4-3-6-15(16)19(27)22(20)11-5-8-17(25)21-14(12-24)13-28-2/h3-4,6-7,14,24H,5,8-13H2,1-2H3,(H,21,25)/t14-,20-/m0/s1. The van der Waals surface area contributed by atoms with Crippen LogP contribution in [0.1, 0.15) is 43.0 Å². The molecule has 2 aliphatic heterocycles. The number of rotatable bonds is 8. The van der Waals surface area contributed by atoms with E-state index in [1.54, 1.807) is 21.9 Å². The molecule has 1 saturated heterocycles. The van der Waals surface area contributed by atoms with Crippen LogP contribution in [0.15, 0.2) is 24.3 Å². The van der Waals surface area contributed by atoms with E-state index >= 15 is 0 Å². The predicted octanol–water partition coefficient (Wildman–Crippen LogP) is 0.889. The second-order valence-corrected chi connectivity index (χ2v) is 7.43. The molecule has 3 rings (SSSR count). The predicted molar refractivity (Wildman–Crippen MR) is 103 cm³/mol. The van der Waals surface area contributed by atoms with Crippen molar-refractivity contribution in [2.75, 3.05) is 31.8 Å². The average molecular weight is 389 g/mol. The number of fused-ring (bicyclic) bond motifs is 3. The van der Waals surface area contributed by atoms with Gasteiger partial charge >= 0.3 is 0 Å². The number of carbonyl (C=O) groups excluding carboxylic acids is 3. The van der Waals surface area contributed by atoms with E-state index in [2.05, 4.69) is 5.32 Å². The number of hydrogen-bond acceptors (Lipinski definition) is 5. The summed E-state index contributed by atoms with van der Waals surface area (Å²) in [4.78, 5) is 41.2. The first-order valence-corrected chi connectivity index (χ1v) is 9.55. The lowest BCUT2D eigenvalue weighted by Crippen LogP contribution is -2.62. The van der Waals surface area contributed by atoms with Gasteiger partial charge in [0.25, 0.3) is 5.91 Å². The van der Waals surface area contributed by atoms with Gasteiger partial charge in [-0.1, -0.05) is 12.1 Å². The van der Waals surface area contributed by atoms with Gasteiger partial charge in [-0.2, -0.15) is 0 Å². The van der Waals surface area contributed by atoms with Crippen molar-refractivity contribution in [2.24, 2.45) is 0 Å². The molecule has 0 bridgehead atoms. The fourth-order valence-electron chi connectivity index (χ4n) is 4.08. The minimum Gasteiger partial charge on any atom is -0.394 e. The van der Waals surface area contributed by atoms with Gasteiger partial charge in [0.1, 0.15) is 5.66 Å². The van der Waals surface area contributed by atoms with Gasteiger partial charge in [0.15, 0.2) is 0 Å². The Bertz CT molecular complexity index is 768. The first kappa shape index (κ1) is 20.3. The lowest BCUT2D eigenvalue weighted by molar-refractivity contribution is -0.123. The van der Waals surface area contributed by atoms with Gasteiger partial charge in [-0.3, -0.25) is 19.3 Å². The van der Waals surface area contributed by atoms with E-state index in [0.29, 0.717) is 37.1 Å². The van der Waals surface area contributed by atoms with Crippen molar-refractivity contribution < 1.29 is 24.2 Å². The fourth-order valence-corrected chi connectivity index (χ4v) is 4.08. The second kappa shape index (κ2) is 8.28. The molecule has 2 atom stereocenters. The molecule has 2 heterocycles. The SMILES string of the molecule is COC[C@H](CO)NC(=O)CCCN1C(=O)c2ccccc2N2C(=O)CC[C@@]12C. The van der Waals surface area contributed by atoms with Crippen LogP contribution < -0.4 is 10.2 Å². The molecular weight excluding hydrogens is 362 g/mol. The molecule has 1 aromatic carbocycles. The maximum Gasteiger partial charge on any atom is 0.257 e. The van der Waals surface area contributed by atoms with Crippen molar-refractivity contribution in [2.45, 2.75) is 44.3 Å². The molecule has 8 nitrogen and oxygen atoms in total. The summed E-state index contributed by atoms with van der Waals surface area (Å²) in [5.74, 6) is -0.307. The zero-order chi connectivity index (χ0) is 20.3. The summed E-state index contributed by atoms with van der Waals surface area (Å²) < 4.78 is 4.95. The lowest BCUT2D eigenvalue weighted by atomic mass is 9.98. The molecule has 0 aliphatic carbocycles. The zero-order valence-electron chi connectivity index (χ0n) is 16.3. The van der Waals surface area contributed by atoms with E-state index in [0.717, 1.165) is 0 Å². The molecule has 1 fully saturated rings. The van der Waals surface area contributed by atoms with E-state index in [1.165, 1.54) is 7.11 Å². The van der Waals surface area contributed by atoms with Gasteiger partial charge < -0.3 is 20.1 Å². The number of anilines is 1. The Balaban J connectivity index is 1.69. The summed E-state index contributed by atoms with van der Waals surface area (Å²) >= 11 is 0. The van der Waals surface area contributed by atoms with Gasteiger partial charge in [0, 0.05) is 26.5 Å². The van der Waals surface area contributed by atoms with Crippen molar-refractivity contribution in [1.29, 1.82) is 0 Å². The van der Waals surface area contributed by atoms with E-state index in [1.807, 2.05) is 19.1 Å². The molecule has 0 aromatic heterocycles. The number of nitrogens with one attached hydrogen (secondary N) is 1. The third-order valence-corrected chi connectivity index (χ3v) is 5.48. The van der Waals surface area contributed by atoms with Crippen LogP contribution in [0.5, 0.6) is 0 Å². The first-order chi connectivity index (χ1) is 13.4. The van der Waals surface area contributed by atoms with Crippen molar-refractivity contribution in [3.8, 4) is 0 Å². The maximum atomic E-state index is 13.1. The number of hydrogen-bond donors (Lipinski definition) is 2. The first-order valence-electron chi connectivity index (χ1n) is 9.55. The molecule has 0 unspecified atom stereocenters. The average Bonchev–Trinajstić information content (AvgIpc) is 2.99. The van der Waals surface area contributed by atoms with Gasteiger partial charge in [-0.05, 0) is 31.9 Å². The normalized spacial score (nSPS) is 22.1. The Kier molecular flexibility index (Phi) is 6.00. The minimum atomic E-state index is -0.706. The Morgan fingerprint density at radius 2 is 2.11 bits per heavy atom. The molecule has 0 saturated carbocycles. The van der Waals surface area contributed by atoms with Crippen molar-refractivity contribution in [1.82, 2.24) is 10.2 Å². The Morgan fingerprint density at radius 1 is 1.36 bits per heavy atom. The van der Waals surface area contributed by atoms with Crippen molar-refractivity contribution in [3.63, 3.8) is 0 Å². The summed E-state index contributed by atoms with van der Waals surface area (Å²) in [6.07, 6.45) is 1.64. The van der Waals surface area contributed by atoms with Crippen LogP contribution in [0.4, 0.5) is 5.69 Å². The molecule has 2 aliphatic rings. The Labute approximate surface area is 164 Å². The summed E-state index contributed by atoms with van der Waals surface area (Å²) in [5.41, 5.74) is 0.472. The van der Waals surface area contributed by atoms with Crippen LogP contribution in [0.3, 0.4) is 0 Å². The summed E-state index contributed by atoms with van der Waals surface area (Å²) in [6, 6.07) is 6.72. The number of methoxy groups -OCH3 is 1. The van der Waals surface area contributed by atoms with Crippen LogP contribution in [0.25, 0.3) is 0 Å². The van der Waals surface area contributed by atoms with Crippen molar-refractivity contribution in [3.05, 3.63) is 29.8 Å². The second-order valence-electron chi connectivity index (χ2n) is 7.43. The van der Waals surface area contributed by atoms with Gasteiger partial charge in [-0.15, -0.1) is 0 Å². The van der Waals surface area contributed by atoms with Crippen LogP contribution in [0, 0.1) is 0 Å². The van der Waals surface area contributed by atoms with Crippen LogP contribution in [0.2, 0.25) is 0 Å². The molecule has 2 N–H and O–H groups in total. The van der Waals surface area contributed by atoms with E-state index in [-0.39, 0.29) is 37.4 Å². The highest BCUT2D eigenvalue weighted by Gasteiger charge is 2.52. The number of benzene rings is 1. The number of ether oxygens (including phenoxy) is 1. The molecule has 3 amide bonds. The topological polar surface area (TPSA) is 99.2 Å². The molecular formula is C20H27N3O5. The van der Waals surface area contributed by atoms with Gasteiger partial charge in [0.05, 0.1) is 30.5 Å². The van der Waals surface area contributed by atoms with E-state index < -0.39 is 11.7 Å². The van der Waals surface area contributed by atoms with Crippen molar-refractivity contribution >= 4 is 23.4 Å². The summed E-state index contributed by atoms with van der Waals surface area (Å²) in [6.45, 7) is 2.32. The number of amides is 3. The Morgan fingerprint density at radius 3 is 2.82 bits per heavy atom. The fraction of sp³-hybridized carbons (Fsp3) is 0.550. The van der Waals surface area contributed by atoms with Gasteiger partial charge in [-0.25, -0.2) is 0 Å². The largest absolute Gasteiger partial charge is 0.394 e. The molecule has 0 spiro atoms. The number of para-hydroxylation sites is 1. The number of nitrogens with zero attached hydrogens (tertiary/aromatic N) is 2. The lowest BCUT2D eigenvalue weighted by Gasteiger charge is -2.48. The Hall–Kier alpha value is -2.45. The quantitative estimate of drug-likeness (QED) is 0.688. The van der Waals surface area contributed by atoms with Gasteiger partial charge in [0.2, 0.25) is 11.8 Å². The van der Waals surface area contributed by atoms with E-state index in [9.17, 15) is 19.5 Å². The molecule has 8 heteroatoms. The summed E-state index contributed by atoms with van der Waals surface area (Å²) in [5, 5.41) is 12.0. The number of aliphatic hydroxyl groups is 1. The van der Waals surface area contributed by atoms with Crippen LogP contribution >= 0.6 is 0 Å². The smallest absolute Gasteiger partial charge is 0.257 e. The molecule has 0 radical (unpaired) electrons. The highest BCUT2D eigenvalue weighted by molar-refractivity contribution is 6.10. The van der Waals surface area contributed by atoms with Crippen LogP contribution in [-0.4, -0.2) is 66.3 Å². The van der Waals surface area contributed by atoms with E-state index in [4.69, 9.17) is 4.74 Å². The van der Waals surface area contributed by atoms with Crippen LogP contribution in [-0.2, 0) is 14.3 Å². The third-order valence-electron chi connectivity index (χ3n) is 5.48. The minimum absolute atomic E-state index is 0.00977. The highest BCUT2D eigenvalue weighted by Crippen LogP contribution is 2.43. The monoisotopic (exact) mass is 389 g/mol. The molecule has 1 aromatic rings. The third kappa shape index (κ3) is 3.62. The number of carbonyl (C=O) groups is 3. The summed E-state index contributed by atoms with van der Waals surface area (Å²) in [7, 11) is 1.50. The number of aliphatic hydroxyl groups excluding tert-OH is 1.